The Bertz CT molecular complexity index is 494. The van der Waals surface area contributed by atoms with E-state index in [-0.39, 0.29) is 5.91 Å². The van der Waals surface area contributed by atoms with E-state index in [0.717, 1.165) is 31.4 Å². The van der Waals surface area contributed by atoms with Gasteiger partial charge in [-0.1, -0.05) is 6.07 Å². The van der Waals surface area contributed by atoms with Gasteiger partial charge >= 0.3 is 0 Å². The Hall–Kier alpha value is -1.02. The van der Waals surface area contributed by atoms with Crippen LogP contribution >= 0.6 is 11.6 Å². The molecule has 1 fully saturated rings. The van der Waals surface area contributed by atoms with Crippen LogP contribution in [0.1, 0.15) is 47.2 Å². The zero-order valence-electron chi connectivity index (χ0n) is 11.2. The van der Waals surface area contributed by atoms with E-state index in [2.05, 4.69) is 17.4 Å². The molecule has 3 heteroatoms. The molecule has 0 aromatic heterocycles. The maximum Gasteiger partial charge on any atom is 0.251 e. The van der Waals surface area contributed by atoms with Crippen LogP contribution in [0.2, 0.25) is 0 Å². The van der Waals surface area contributed by atoms with Gasteiger partial charge in [-0.3, -0.25) is 4.79 Å². The summed E-state index contributed by atoms with van der Waals surface area (Å²) in [5.74, 6) is 0.755. The van der Waals surface area contributed by atoms with Crippen LogP contribution in [0.25, 0.3) is 0 Å². The number of rotatable bonds is 5. The predicted molar refractivity (Wildman–Crippen MR) is 77.8 cm³/mol. The van der Waals surface area contributed by atoms with E-state index in [0.29, 0.717) is 11.3 Å². The number of halogens is 1. The van der Waals surface area contributed by atoms with E-state index in [1.54, 1.807) is 0 Å². The molecule has 0 aliphatic heterocycles. The Kier molecular flexibility index (Phi) is 3.53. The first-order valence-corrected chi connectivity index (χ1v) is 7.72. The van der Waals surface area contributed by atoms with Gasteiger partial charge in [0.25, 0.3) is 5.91 Å². The van der Waals surface area contributed by atoms with E-state index in [1.807, 2.05) is 6.07 Å². The number of aryl methyl sites for hydroxylation is 2. The lowest BCUT2D eigenvalue weighted by Gasteiger charge is -2.14. The highest BCUT2D eigenvalue weighted by atomic mass is 35.5. The third-order valence-corrected chi connectivity index (χ3v) is 4.76. The van der Waals surface area contributed by atoms with Crippen molar-refractivity contribution in [3.63, 3.8) is 0 Å². The first-order valence-electron chi connectivity index (χ1n) is 7.18. The second kappa shape index (κ2) is 5.16. The third-order valence-electron chi connectivity index (χ3n) is 4.57. The summed E-state index contributed by atoms with van der Waals surface area (Å²) in [4.78, 5) is 12.2. The van der Waals surface area contributed by atoms with Crippen LogP contribution in [0, 0.1) is 5.41 Å². The number of alkyl halides is 1. The minimum Gasteiger partial charge on any atom is -0.351 e. The van der Waals surface area contributed by atoms with Gasteiger partial charge in [-0.05, 0) is 67.2 Å². The van der Waals surface area contributed by atoms with Crippen LogP contribution in [-0.4, -0.2) is 18.3 Å². The molecular weight excluding hydrogens is 258 g/mol. The minimum absolute atomic E-state index is 0.0653. The minimum atomic E-state index is 0.0653. The summed E-state index contributed by atoms with van der Waals surface area (Å²) in [6.07, 6.45) is 6.91. The lowest BCUT2D eigenvalue weighted by atomic mass is 10.0. The summed E-state index contributed by atoms with van der Waals surface area (Å²) < 4.78 is 0. The lowest BCUT2D eigenvalue weighted by Crippen LogP contribution is -2.30. The SMILES string of the molecule is O=C(NCC1(CCCl)CC1)c1ccc2c(c1)CCC2. The van der Waals surface area contributed by atoms with Crippen LogP contribution in [0.5, 0.6) is 0 Å². The van der Waals surface area contributed by atoms with Gasteiger partial charge in [0, 0.05) is 18.0 Å². The number of fused-ring (bicyclic) bond motifs is 1. The van der Waals surface area contributed by atoms with Crippen molar-refractivity contribution in [1.82, 2.24) is 5.32 Å². The molecule has 19 heavy (non-hydrogen) atoms. The summed E-state index contributed by atoms with van der Waals surface area (Å²) in [5.41, 5.74) is 3.88. The van der Waals surface area contributed by atoms with Gasteiger partial charge in [0.05, 0.1) is 0 Å². The Morgan fingerprint density at radius 2 is 2.05 bits per heavy atom. The normalized spacial score (nSPS) is 19.0. The van der Waals surface area contributed by atoms with Gasteiger partial charge in [0.1, 0.15) is 0 Å². The zero-order valence-corrected chi connectivity index (χ0v) is 11.9. The quantitative estimate of drug-likeness (QED) is 0.822. The fraction of sp³-hybridized carbons (Fsp3) is 0.562. The molecule has 1 aromatic rings. The van der Waals surface area contributed by atoms with E-state index in [1.165, 1.54) is 30.4 Å². The van der Waals surface area contributed by atoms with Crippen LogP contribution in [0.15, 0.2) is 18.2 Å². The van der Waals surface area contributed by atoms with Crippen molar-refractivity contribution in [1.29, 1.82) is 0 Å². The molecule has 0 atom stereocenters. The Morgan fingerprint density at radius 1 is 1.26 bits per heavy atom. The Morgan fingerprint density at radius 3 is 2.79 bits per heavy atom. The Balaban J connectivity index is 1.61. The van der Waals surface area contributed by atoms with Gasteiger partial charge < -0.3 is 5.32 Å². The summed E-state index contributed by atoms with van der Waals surface area (Å²) in [5, 5.41) is 3.08. The molecule has 3 rings (SSSR count). The van der Waals surface area contributed by atoms with Gasteiger partial charge in [0.15, 0.2) is 0 Å². The average molecular weight is 278 g/mol. The number of benzene rings is 1. The standard InChI is InChI=1S/C16H20ClNO/c17-9-8-16(6-7-16)11-18-15(19)14-5-4-12-2-1-3-13(12)10-14/h4-5,10H,1-3,6-9,11H2,(H,18,19). The van der Waals surface area contributed by atoms with Gasteiger partial charge in [-0.2, -0.15) is 0 Å². The summed E-state index contributed by atoms with van der Waals surface area (Å²) in [6.45, 7) is 0.773. The highest BCUT2D eigenvalue weighted by Gasteiger charge is 2.41. The molecule has 0 radical (unpaired) electrons. The van der Waals surface area contributed by atoms with E-state index >= 15 is 0 Å². The molecule has 2 nitrogen and oxygen atoms in total. The summed E-state index contributed by atoms with van der Waals surface area (Å²) >= 11 is 5.81. The van der Waals surface area contributed by atoms with Crippen LogP contribution < -0.4 is 5.32 Å². The first-order chi connectivity index (χ1) is 9.22. The van der Waals surface area contributed by atoms with E-state index in [4.69, 9.17) is 11.6 Å². The molecule has 1 N–H and O–H groups in total. The second-order valence-corrected chi connectivity index (χ2v) is 6.34. The maximum atomic E-state index is 12.2. The van der Waals surface area contributed by atoms with Gasteiger partial charge in [0.2, 0.25) is 0 Å². The molecule has 0 unspecified atom stereocenters. The highest BCUT2D eigenvalue weighted by Crippen LogP contribution is 2.48. The fourth-order valence-corrected chi connectivity index (χ4v) is 3.38. The van der Waals surface area contributed by atoms with Crippen LogP contribution in [0.4, 0.5) is 0 Å². The monoisotopic (exact) mass is 277 g/mol. The van der Waals surface area contributed by atoms with Crippen LogP contribution in [-0.2, 0) is 12.8 Å². The number of hydrogen-bond acceptors (Lipinski definition) is 1. The zero-order chi connectivity index (χ0) is 13.3. The maximum absolute atomic E-state index is 12.2. The number of carbonyl (C=O) groups excluding carboxylic acids is 1. The number of hydrogen-bond donors (Lipinski definition) is 1. The molecule has 1 amide bonds. The van der Waals surface area contributed by atoms with Gasteiger partial charge in [-0.25, -0.2) is 0 Å². The summed E-state index contributed by atoms with van der Waals surface area (Å²) in [7, 11) is 0. The predicted octanol–water partition coefficient (Wildman–Crippen LogP) is 3.31. The van der Waals surface area contributed by atoms with Crippen molar-refractivity contribution >= 4 is 17.5 Å². The molecule has 1 aromatic carbocycles. The fourth-order valence-electron chi connectivity index (χ4n) is 2.98. The van der Waals surface area contributed by atoms with Crippen LogP contribution in [0.3, 0.4) is 0 Å². The van der Waals surface area contributed by atoms with E-state index in [9.17, 15) is 4.79 Å². The molecule has 2 aliphatic rings. The smallest absolute Gasteiger partial charge is 0.251 e. The van der Waals surface area contributed by atoms with Crippen molar-refractivity contribution in [3.8, 4) is 0 Å². The number of amides is 1. The third kappa shape index (κ3) is 2.79. The highest BCUT2D eigenvalue weighted by molar-refractivity contribution is 6.17. The summed E-state index contributed by atoms with van der Waals surface area (Å²) in [6, 6.07) is 6.14. The largest absolute Gasteiger partial charge is 0.351 e. The second-order valence-electron chi connectivity index (χ2n) is 5.96. The number of nitrogens with one attached hydrogen (secondary N) is 1. The number of carbonyl (C=O) groups is 1. The van der Waals surface area contributed by atoms with Crippen molar-refractivity contribution in [2.45, 2.75) is 38.5 Å². The van der Waals surface area contributed by atoms with E-state index < -0.39 is 0 Å². The molecule has 0 heterocycles. The van der Waals surface area contributed by atoms with Crippen molar-refractivity contribution in [2.24, 2.45) is 5.41 Å². The average Bonchev–Trinajstić information content (AvgIpc) is 3.02. The molecule has 0 saturated heterocycles. The van der Waals surface area contributed by atoms with Gasteiger partial charge in [-0.15, -0.1) is 11.6 Å². The molecule has 2 aliphatic carbocycles. The Labute approximate surface area is 119 Å². The van der Waals surface area contributed by atoms with Crippen molar-refractivity contribution < 1.29 is 4.79 Å². The molecular formula is C16H20ClNO. The molecule has 0 bridgehead atoms. The molecule has 1 saturated carbocycles. The lowest BCUT2D eigenvalue weighted by molar-refractivity contribution is 0.0944. The first kappa shape index (κ1) is 13.0. The molecule has 0 spiro atoms. The van der Waals surface area contributed by atoms with Crippen molar-refractivity contribution in [3.05, 3.63) is 34.9 Å². The van der Waals surface area contributed by atoms with Crippen molar-refractivity contribution in [2.75, 3.05) is 12.4 Å². The topological polar surface area (TPSA) is 29.1 Å². The molecule has 102 valence electrons.